The topological polar surface area (TPSA) is 66.9 Å². The highest BCUT2D eigenvalue weighted by atomic mass is 35.5. The van der Waals surface area contributed by atoms with E-state index >= 15 is 0 Å². The second-order valence-electron chi connectivity index (χ2n) is 5.09. The van der Waals surface area contributed by atoms with Crippen LogP contribution in [0.15, 0.2) is 22.5 Å². The van der Waals surface area contributed by atoms with Gasteiger partial charge >= 0.3 is 0 Å². The van der Waals surface area contributed by atoms with Crippen LogP contribution in [0.3, 0.4) is 0 Å². The second kappa shape index (κ2) is 6.85. The SMILES string of the molecule is Cc1ccc(Cl)cc1NC(=O)CSc1nnc(NC2CC2)s1. The zero-order valence-electron chi connectivity index (χ0n) is 11.9. The third kappa shape index (κ3) is 4.34. The van der Waals surface area contributed by atoms with Gasteiger partial charge in [-0.3, -0.25) is 4.79 Å². The van der Waals surface area contributed by atoms with Crippen molar-refractivity contribution < 1.29 is 4.79 Å². The summed E-state index contributed by atoms with van der Waals surface area (Å²) in [5.74, 6) is 0.214. The number of halogens is 1. The Bertz CT molecular complexity index is 687. The number of hydrogen-bond acceptors (Lipinski definition) is 6. The van der Waals surface area contributed by atoms with Crippen molar-refractivity contribution in [3.05, 3.63) is 28.8 Å². The van der Waals surface area contributed by atoms with Crippen molar-refractivity contribution in [3.63, 3.8) is 0 Å². The Morgan fingerprint density at radius 1 is 1.45 bits per heavy atom. The Labute approximate surface area is 141 Å². The molecule has 0 radical (unpaired) electrons. The van der Waals surface area contributed by atoms with E-state index in [1.807, 2.05) is 13.0 Å². The van der Waals surface area contributed by atoms with Gasteiger partial charge in [-0.15, -0.1) is 10.2 Å². The number of carbonyl (C=O) groups excluding carboxylic acids is 1. The molecule has 0 unspecified atom stereocenters. The highest BCUT2D eigenvalue weighted by Crippen LogP contribution is 2.30. The summed E-state index contributed by atoms with van der Waals surface area (Å²) in [6, 6.07) is 5.99. The van der Waals surface area contributed by atoms with E-state index in [4.69, 9.17) is 11.6 Å². The van der Waals surface area contributed by atoms with E-state index in [1.54, 1.807) is 12.1 Å². The lowest BCUT2D eigenvalue weighted by atomic mass is 10.2. The summed E-state index contributed by atoms with van der Waals surface area (Å²) < 4.78 is 0.793. The molecule has 5 nitrogen and oxygen atoms in total. The number of nitrogens with one attached hydrogen (secondary N) is 2. The molecule has 0 aliphatic heterocycles. The van der Waals surface area contributed by atoms with Crippen molar-refractivity contribution in [2.45, 2.75) is 30.1 Å². The number of aromatic nitrogens is 2. The fourth-order valence-electron chi connectivity index (χ4n) is 1.77. The number of rotatable bonds is 6. The fraction of sp³-hybridized carbons (Fsp3) is 0.357. The van der Waals surface area contributed by atoms with E-state index in [9.17, 15) is 4.79 Å². The lowest BCUT2D eigenvalue weighted by Gasteiger charge is -2.07. The first-order valence-electron chi connectivity index (χ1n) is 6.89. The maximum atomic E-state index is 12.0. The van der Waals surface area contributed by atoms with Crippen LogP contribution in [0.4, 0.5) is 10.8 Å². The second-order valence-corrected chi connectivity index (χ2v) is 7.72. The normalized spacial score (nSPS) is 13.9. The number of anilines is 2. The molecular weight excluding hydrogens is 340 g/mol. The van der Waals surface area contributed by atoms with Crippen molar-refractivity contribution in [2.24, 2.45) is 0 Å². The number of carbonyl (C=O) groups is 1. The number of nitrogens with zero attached hydrogens (tertiary/aromatic N) is 2. The average molecular weight is 355 g/mol. The highest BCUT2D eigenvalue weighted by molar-refractivity contribution is 8.01. The molecule has 3 rings (SSSR count). The van der Waals surface area contributed by atoms with Crippen LogP contribution >= 0.6 is 34.7 Å². The molecule has 1 aromatic heterocycles. The van der Waals surface area contributed by atoms with Gasteiger partial charge < -0.3 is 10.6 Å². The fourth-order valence-corrected chi connectivity index (χ4v) is 3.57. The Morgan fingerprint density at radius 3 is 3.05 bits per heavy atom. The van der Waals surface area contributed by atoms with E-state index in [0.29, 0.717) is 16.8 Å². The van der Waals surface area contributed by atoms with Crippen molar-refractivity contribution in [1.82, 2.24) is 10.2 Å². The first-order chi connectivity index (χ1) is 10.6. The van der Waals surface area contributed by atoms with Crippen LogP contribution < -0.4 is 10.6 Å². The third-order valence-electron chi connectivity index (χ3n) is 3.11. The van der Waals surface area contributed by atoms with E-state index in [-0.39, 0.29) is 5.91 Å². The lowest BCUT2D eigenvalue weighted by molar-refractivity contribution is -0.113. The Morgan fingerprint density at radius 2 is 2.27 bits per heavy atom. The molecule has 1 amide bonds. The van der Waals surface area contributed by atoms with Gasteiger partial charge in [0.15, 0.2) is 4.34 Å². The Kier molecular flexibility index (Phi) is 4.85. The number of hydrogen-bond donors (Lipinski definition) is 2. The molecule has 1 heterocycles. The van der Waals surface area contributed by atoms with E-state index in [1.165, 1.54) is 35.9 Å². The zero-order chi connectivity index (χ0) is 15.5. The van der Waals surface area contributed by atoms with Gasteiger partial charge in [-0.1, -0.05) is 40.8 Å². The largest absolute Gasteiger partial charge is 0.357 e. The predicted octanol–water partition coefficient (Wildman–Crippen LogP) is 3.81. The van der Waals surface area contributed by atoms with Crippen molar-refractivity contribution in [2.75, 3.05) is 16.4 Å². The third-order valence-corrected chi connectivity index (χ3v) is 5.33. The van der Waals surface area contributed by atoms with Crippen molar-refractivity contribution in [1.29, 1.82) is 0 Å². The summed E-state index contributed by atoms with van der Waals surface area (Å²) in [7, 11) is 0. The molecule has 0 atom stereocenters. The van der Waals surface area contributed by atoms with Gasteiger partial charge in [0.05, 0.1) is 5.75 Å². The lowest BCUT2D eigenvalue weighted by Crippen LogP contribution is -2.14. The zero-order valence-corrected chi connectivity index (χ0v) is 14.3. The highest BCUT2D eigenvalue weighted by Gasteiger charge is 2.22. The van der Waals surface area contributed by atoms with Gasteiger partial charge in [0.1, 0.15) is 0 Å². The van der Waals surface area contributed by atoms with Gasteiger partial charge in [0.2, 0.25) is 11.0 Å². The average Bonchev–Trinajstić information content (AvgIpc) is 3.18. The minimum atomic E-state index is -0.0812. The van der Waals surface area contributed by atoms with Crippen LogP contribution in [-0.2, 0) is 4.79 Å². The molecule has 1 fully saturated rings. The summed E-state index contributed by atoms with van der Waals surface area (Å²) in [6.45, 7) is 1.93. The molecule has 0 spiro atoms. The maximum Gasteiger partial charge on any atom is 0.234 e. The molecule has 8 heteroatoms. The predicted molar refractivity (Wildman–Crippen MR) is 92.1 cm³/mol. The van der Waals surface area contributed by atoms with Gasteiger partial charge in [0, 0.05) is 16.8 Å². The number of thioether (sulfide) groups is 1. The molecule has 1 aliphatic rings. The van der Waals surface area contributed by atoms with Crippen LogP contribution in [0.25, 0.3) is 0 Å². The van der Waals surface area contributed by atoms with Crippen molar-refractivity contribution in [3.8, 4) is 0 Å². The standard InChI is InChI=1S/C14H15ClN4OS2/c1-8-2-3-9(15)6-11(8)17-12(20)7-21-14-19-18-13(22-14)16-10-4-5-10/h2-3,6,10H,4-5,7H2,1H3,(H,16,18)(H,17,20). The number of aryl methyl sites for hydroxylation is 1. The molecule has 1 aliphatic carbocycles. The smallest absolute Gasteiger partial charge is 0.234 e. The molecule has 2 N–H and O–H groups in total. The monoisotopic (exact) mass is 354 g/mol. The van der Waals surface area contributed by atoms with Crippen LogP contribution in [0.1, 0.15) is 18.4 Å². The summed E-state index contributed by atoms with van der Waals surface area (Å²) in [5, 5.41) is 15.7. The summed E-state index contributed by atoms with van der Waals surface area (Å²) in [5.41, 5.74) is 1.72. The van der Waals surface area contributed by atoms with Crippen molar-refractivity contribution >= 4 is 51.4 Å². The van der Waals surface area contributed by atoms with Crippen LogP contribution in [-0.4, -0.2) is 27.9 Å². The molecule has 1 saturated carbocycles. The van der Waals surface area contributed by atoms with Gasteiger partial charge in [-0.2, -0.15) is 0 Å². The molecule has 116 valence electrons. The first-order valence-corrected chi connectivity index (χ1v) is 9.07. The Hall–Kier alpha value is -1.31. The van der Waals surface area contributed by atoms with Crippen LogP contribution in [0.5, 0.6) is 0 Å². The van der Waals surface area contributed by atoms with Gasteiger partial charge in [-0.25, -0.2) is 0 Å². The minimum absolute atomic E-state index is 0.0812. The molecule has 0 bridgehead atoms. The minimum Gasteiger partial charge on any atom is -0.357 e. The number of benzene rings is 1. The van der Waals surface area contributed by atoms with Crippen LogP contribution in [0.2, 0.25) is 5.02 Å². The van der Waals surface area contributed by atoms with Gasteiger partial charge in [-0.05, 0) is 37.5 Å². The quantitative estimate of drug-likeness (QED) is 0.772. The van der Waals surface area contributed by atoms with Crippen LogP contribution in [0, 0.1) is 6.92 Å². The molecule has 22 heavy (non-hydrogen) atoms. The van der Waals surface area contributed by atoms with E-state index < -0.39 is 0 Å². The summed E-state index contributed by atoms with van der Waals surface area (Å²) in [6.07, 6.45) is 2.40. The molecule has 1 aromatic carbocycles. The maximum absolute atomic E-state index is 12.0. The molecule has 2 aromatic rings. The van der Waals surface area contributed by atoms with E-state index in [2.05, 4.69) is 20.8 Å². The Balaban J connectivity index is 1.51. The van der Waals surface area contributed by atoms with E-state index in [0.717, 1.165) is 20.7 Å². The molecular formula is C14H15ClN4OS2. The first kappa shape index (κ1) is 15.6. The summed E-state index contributed by atoms with van der Waals surface area (Å²) >= 11 is 8.81. The molecule has 0 saturated heterocycles. The number of amides is 1. The summed E-state index contributed by atoms with van der Waals surface area (Å²) in [4.78, 5) is 12.0. The van der Waals surface area contributed by atoms with Gasteiger partial charge in [0.25, 0.3) is 0 Å².